The lowest BCUT2D eigenvalue weighted by atomic mass is 10.3. The van der Waals surface area contributed by atoms with Crippen molar-refractivity contribution in [2.24, 2.45) is 5.73 Å². The van der Waals surface area contributed by atoms with Gasteiger partial charge in [0.05, 0.1) is 27.2 Å². The molecule has 140 valence electrons. The highest BCUT2D eigenvalue weighted by atomic mass is 32.1. The number of nitrogens with one attached hydrogen (secondary N) is 1. The number of carbonyl (C=O) groups is 3. The number of para-hydroxylation sites is 1. The summed E-state index contributed by atoms with van der Waals surface area (Å²) in [7, 11) is 0. The Morgan fingerprint density at radius 2 is 2.04 bits per heavy atom. The van der Waals surface area contributed by atoms with Gasteiger partial charge in [-0.25, -0.2) is 4.98 Å². The van der Waals surface area contributed by atoms with E-state index in [1.807, 2.05) is 24.3 Å². The van der Waals surface area contributed by atoms with E-state index in [9.17, 15) is 14.4 Å². The third kappa shape index (κ3) is 4.69. The predicted molar refractivity (Wildman–Crippen MR) is 105 cm³/mol. The summed E-state index contributed by atoms with van der Waals surface area (Å²) < 4.78 is 6.24. The molecule has 3 rings (SSSR count). The molecule has 2 heterocycles. The number of hydrogen-bond donors (Lipinski definition) is 2. The Bertz CT molecular complexity index is 962. The fourth-order valence-electron chi connectivity index (χ4n) is 2.36. The summed E-state index contributed by atoms with van der Waals surface area (Å²) in [6.07, 6.45) is -0.414. The molecule has 0 aliphatic rings. The maximum Gasteiger partial charge on any atom is 0.306 e. The van der Waals surface area contributed by atoms with Gasteiger partial charge in [0.15, 0.2) is 6.10 Å². The summed E-state index contributed by atoms with van der Waals surface area (Å²) in [6, 6.07) is 9.28. The molecule has 0 fully saturated rings. The molecule has 3 aromatic rings. The summed E-state index contributed by atoms with van der Waals surface area (Å²) in [4.78, 5) is 39.9. The second-order valence-electron chi connectivity index (χ2n) is 5.72. The Hall–Kier alpha value is -2.78. The second kappa shape index (κ2) is 8.28. The number of nitrogens with two attached hydrogens (primary N) is 1. The highest BCUT2D eigenvalue weighted by Gasteiger charge is 2.20. The van der Waals surface area contributed by atoms with Crippen LogP contribution in [-0.4, -0.2) is 28.9 Å². The number of aryl methyl sites for hydroxylation is 1. The first-order valence-electron chi connectivity index (χ1n) is 8.16. The number of aromatic nitrogens is 1. The summed E-state index contributed by atoms with van der Waals surface area (Å²) >= 11 is 2.70. The molecule has 0 aliphatic heterocycles. The van der Waals surface area contributed by atoms with E-state index in [1.54, 1.807) is 5.38 Å². The molecule has 3 N–H and O–H groups in total. The Morgan fingerprint density at radius 1 is 1.26 bits per heavy atom. The molecule has 2 amide bonds. The van der Waals surface area contributed by atoms with Crippen molar-refractivity contribution in [1.82, 2.24) is 4.98 Å². The lowest BCUT2D eigenvalue weighted by molar-refractivity contribution is -0.153. The van der Waals surface area contributed by atoms with Gasteiger partial charge in [0, 0.05) is 6.42 Å². The van der Waals surface area contributed by atoms with Crippen LogP contribution in [0.3, 0.4) is 0 Å². The smallest absolute Gasteiger partial charge is 0.306 e. The van der Waals surface area contributed by atoms with Gasteiger partial charge in [0.1, 0.15) is 5.00 Å². The summed E-state index contributed by atoms with van der Waals surface area (Å²) in [6.45, 7) is 1.47. The average molecular weight is 403 g/mol. The maximum absolute atomic E-state index is 12.2. The number of rotatable bonds is 7. The first kappa shape index (κ1) is 19.0. The van der Waals surface area contributed by atoms with E-state index in [2.05, 4.69) is 10.3 Å². The van der Waals surface area contributed by atoms with Gasteiger partial charge in [-0.3, -0.25) is 14.4 Å². The molecule has 1 atom stereocenters. The zero-order valence-corrected chi connectivity index (χ0v) is 16.1. The van der Waals surface area contributed by atoms with Crippen molar-refractivity contribution in [3.8, 4) is 0 Å². The van der Waals surface area contributed by atoms with Crippen molar-refractivity contribution >= 4 is 55.7 Å². The van der Waals surface area contributed by atoms with Crippen LogP contribution in [0.15, 0.2) is 35.7 Å². The van der Waals surface area contributed by atoms with Crippen molar-refractivity contribution in [1.29, 1.82) is 0 Å². The first-order valence-corrected chi connectivity index (χ1v) is 9.85. The molecule has 9 heteroatoms. The van der Waals surface area contributed by atoms with Crippen LogP contribution in [0.2, 0.25) is 0 Å². The van der Waals surface area contributed by atoms with Gasteiger partial charge in [-0.15, -0.1) is 22.7 Å². The normalized spacial score (nSPS) is 11.9. The van der Waals surface area contributed by atoms with Crippen LogP contribution in [-0.2, 0) is 20.7 Å². The molecule has 1 unspecified atom stereocenters. The quantitative estimate of drug-likeness (QED) is 0.589. The Morgan fingerprint density at radius 3 is 2.78 bits per heavy atom. The highest BCUT2D eigenvalue weighted by molar-refractivity contribution is 7.18. The van der Waals surface area contributed by atoms with E-state index in [4.69, 9.17) is 10.5 Å². The van der Waals surface area contributed by atoms with Crippen LogP contribution >= 0.6 is 22.7 Å². The largest absolute Gasteiger partial charge is 0.453 e. The van der Waals surface area contributed by atoms with Gasteiger partial charge in [0.25, 0.3) is 11.8 Å². The lowest BCUT2D eigenvalue weighted by Gasteiger charge is -2.13. The van der Waals surface area contributed by atoms with Gasteiger partial charge in [-0.2, -0.15) is 0 Å². The number of primary amides is 1. The number of anilines is 1. The number of hydrogen-bond acceptors (Lipinski definition) is 7. The van der Waals surface area contributed by atoms with Crippen LogP contribution in [0, 0.1) is 0 Å². The zero-order valence-electron chi connectivity index (χ0n) is 14.4. The summed E-state index contributed by atoms with van der Waals surface area (Å²) in [5.41, 5.74) is 6.37. The van der Waals surface area contributed by atoms with Gasteiger partial charge in [-0.1, -0.05) is 12.1 Å². The molecule has 0 saturated carbocycles. The van der Waals surface area contributed by atoms with Crippen molar-refractivity contribution in [2.75, 3.05) is 5.32 Å². The topological polar surface area (TPSA) is 111 Å². The van der Waals surface area contributed by atoms with Crippen LogP contribution in [0.4, 0.5) is 5.00 Å². The van der Waals surface area contributed by atoms with Gasteiger partial charge in [0.2, 0.25) is 0 Å². The summed E-state index contributed by atoms with van der Waals surface area (Å²) in [5, 5.41) is 5.38. The molecule has 0 aliphatic carbocycles. The highest BCUT2D eigenvalue weighted by Crippen LogP contribution is 2.24. The minimum atomic E-state index is -0.990. The van der Waals surface area contributed by atoms with E-state index in [0.717, 1.165) is 15.2 Å². The molecular weight excluding hydrogens is 386 g/mol. The standard InChI is InChI=1S/C18H17N3O4S2/c1-10(17(24)21-18-11(16(19)23)8-9-26-18)25-15(22)7-6-14-20-12-4-2-3-5-13(12)27-14/h2-5,8-10H,6-7H2,1H3,(H2,19,23)(H,21,24). The maximum atomic E-state index is 12.2. The number of benzene rings is 1. The number of thiazole rings is 1. The molecule has 27 heavy (non-hydrogen) atoms. The zero-order chi connectivity index (χ0) is 19.4. The number of nitrogens with zero attached hydrogens (tertiary/aromatic N) is 1. The fourth-order valence-corrected chi connectivity index (χ4v) is 4.12. The molecule has 0 spiro atoms. The Kier molecular flexibility index (Phi) is 5.82. The second-order valence-corrected chi connectivity index (χ2v) is 7.76. The third-order valence-electron chi connectivity index (χ3n) is 3.73. The van der Waals surface area contributed by atoms with E-state index in [1.165, 1.54) is 35.7 Å². The van der Waals surface area contributed by atoms with Crippen molar-refractivity contribution in [3.05, 3.63) is 46.3 Å². The van der Waals surface area contributed by atoms with Crippen LogP contribution < -0.4 is 11.1 Å². The number of ether oxygens (including phenoxy) is 1. The van der Waals surface area contributed by atoms with Crippen LogP contribution in [0.5, 0.6) is 0 Å². The predicted octanol–water partition coefficient (Wildman–Crippen LogP) is 2.96. The van der Waals surface area contributed by atoms with E-state index in [0.29, 0.717) is 11.4 Å². The molecule has 2 aromatic heterocycles. The van der Waals surface area contributed by atoms with Gasteiger partial charge < -0.3 is 15.8 Å². The molecule has 1 aromatic carbocycles. The Balaban J connectivity index is 1.51. The first-order chi connectivity index (χ1) is 12.9. The number of fused-ring (bicyclic) bond motifs is 1. The van der Waals surface area contributed by atoms with Crippen molar-refractivity contribution in [3.63, 3.8) is 0 Å². The summed E-state index contributed by atoms with van der Waals surface area (Å²) in [5.74, 6) is -1.64. The van der Waals surface area contributed by atoms with Crippen molar-refractivity contribution < 1.29 is 19.1 Å². The monoisotopic (exact) mass is 403 g/mol. The lowest BCUT2D eigenvalue weighted by Crippen LogP contribution is -2.30. The Labute approximate surface area is 163 Å². The van der Waals surface area contributed by atoms with Crippen molar-refractivity contribution in [2.45, 2.75) is 25.9 Å². The molecule has 0 bridgehead atoms. The van der Waals surface area contributed by atoms with Gasteiger partial charge >= 0.3 is 5.97 Å². The third-order valence-corrected chi connectivity index (χ3v) is 5.65. The number of esters is 1. The minimum absolute atomic E-state index is 0.128. The van der Waals surface area contributed by atoms with E-state index >= 15 is 0 Å². The average Bonchev–Trinajstić information content (AvgIpc) is 3.26. The van der Waals surface area contributed by atoms with Crippen LogP contribution in [0.1, 0.15) is 28.7 Å². The number of amides is 2. The van der Waals surface area contributed by atoms with E-state index in [-0.39, 0.29) is 12.0 Å². The minimum Gasteiger partial charge on any atom is -0.453 e. The molecule has 7 nitrogen and oxygen atoms in total. The van der Waals surface area contributed by atoms with Crippen LogP contribution in [0.25, 0.3) is 10.2 Å². The number of thiophene rings is 1. The van der Waals surface area contributed by atoms with E-state index < -0.39 is 23.9 Å². The molecule has 0 saturated heterocycles. The number of carbonyl (C=O) groups excluding carboxylic acids is 3. The molecular formula is C18H17N3O4S2. The fraction of sp³-hybridized carbons (Fsp3) is 0.222. The molecule has 0 radical (unpaired) electrons. The van der Waals surface area contributed by atoms with Gasteiger partial charge in [-0.05, 0) is 30.5 Å². The SMILES string of the molecule is CC(OC(=O)CCc1nc2ccccc2s1)C(=O)Nc1sccc1C(N)=O.